The summed E-state index contributed by atoms with van der Waals surface area (Å²) in [6.45, 7) is 0. The number of benzene rings is 2. The van der Waals surface area contributed by atoms with Crippen molar-refractivity contribution >= 4 is 33.9 Å². The average Bonchev–Trinajstić information content (AvgIpc) is 2.29. The zero-order valence-corrected chi connectivity index (χ0v) is 8.71. The van der Waals surface area contributed by atoms with Crippen LogP contribution in [-0.4, -0.2) is 9.97 Å². The lowest BCUT2D eigenvalue weighted by atomic mass is 10.1. The molecule has 0 aliphatic rings. The van der Waals surface area contributed by atoms with Crippen LogP contribution < -0.4 is 0 Å². The van der Waals surface area contributed by atoms with Crippen LogP contribution in [0.5, 0.6) is 0 Å². The number of H-pyrrole nitrogens is 1. The van der Waals surface area contributed by atoms with Gasteiger partial charge in [-0.05, 0) is 16.8 Å². The van der Waals surface area contributed by atoms with E-state index < -0.39 is 0 Å². The highest BCUT2D eigenvalue weighted by atomic mass is 32.1. The summed E-state index contributed by atoms with van der Waals surface area (Å²) in [5.41, 5.74) is 1.04. The zero-order valence-electron chi connectivity index (χ0n) is 7.90. The minimum atomic E-state index is 0.653. The monoisotopic (exact) mass is 212 g/mol. The van der Waals surface area contributed by atoms with Gasteiger partial charge in [-0.2, -0.15) is 0 Å². The average molecular weight is 212 g/mol. The van der Waals surface area contributed by atoms with Gasteiger partial charge in [0.1, 0.15) is 4.64 Å². The van der Waals surface area contributed by atoms with Crippen molar-refractivity contribution in [1.82, 2.24) is 9.97 Å². The van der Waals surface area contributed by atoms with Crippen LogP contribution in [0.3, 0.4) is 0 Å². The van der Waals surface area contributed by atoms with Crippen LogP contribution in [0.4, 0.5) is 0 Å². The molecule has 0 atom stereocenters. The highest BCUT2D eigenvalue weighted by molar-refractivity contribution is 7.71. The summed E-state index contributed by atoms with van der Waals surface area (Å²) in [5.74, 6) is 0. The highest BCUT2D eigenvalue weighted by Gasteiger charge is 2.01. The van der Waals surface area contributed by atoms with Crippen LogP contribution in [0.15, 0.2) is 42.7 Å². The normalized spacial score (nSPS) is 10.9. The quantitative estimate of drug-likeness (QED) is 0.456. The van der Waals surface area contributed by atoms with E-state index in [4.69, 9.17) is 12.2 Å². The van der Waals surface area contributed by atoms with Crippen LogP contribution in [-0.2, 0) is 0 Å². The molecule has 15 heavy (non-hydrogen) atoms. The van der Waals surface area contributed by atoms with Crippen LogP contribution in [0.25, 0.3) is 21.7 Å². The molecule has 3 heteroatoms. The number of nitrogens with zero attached hydrogens (tertiary/aromatic N) is 1. The number of hydrogen-bond acceptors (Lipinski definition) is 2. The lowest BCUT2D eigenvalue weighted by Crippen LogP contribution is -1.84. The van der Waals surface area contributed by atoms with Gasteiger partial charge in [-0.3, -0.25) is 0 Å². The first-order valence-corrected chi connectivity index (χ1v) is 5.12. The third-order valence-electron chi connectivity index (χ3n) is 2.54. The van der Waals surface area contributed by atoms with Gasteiger partial charge in [0.25, 0.3) is 0 Å². The Morgan fingerprint density at radius 2 is 1.93 bits per heavy atom. The summed E-state index contributed by atoms with van der Waals surface area (Å²) < 4.78 is 0.653. The van der Waals surface area contributed by atoms with E-state index in [0.717, 1.165) is 16.3 Å². The molecule has 2 aromatic carbocycles. The van der Waals surface area contributed by atoms with Crippen molar-refractivity contribution in [2.45, 2.75) is 0 Å². The largest absolute Gasteiger partial charge is 0.346 e. The third kappa shape index (κ3) is 1.24. The first kappa shape index (κ1) is 8.56. The molecule has 0 fully saturated rings. The lowest BCUT2D eigenvalue weighted by molar-refractivity contribution is 1.21. The second-order valence-corrected chi connectivity index (χ2v) is 3.80. The maximum absolute atomic E-state index is 5.25. The fourth-order valence-electron chi connectivity index (χ4n) is 1.85. The van der Waals surface area contributed by atoms with E-state index >= 15 is 0 Å². The number of aromatic amines is 1. The lowest BCUT2D eigenvalue weighted by Gasteiger charge is -2.02. The predicted molar refractivity (Wildman–Crippen MR) is 64.4 cm³/mol. The number of aromatic nitrogens is 2. The molecule has 2 nitrogen and oxygen atoms in total. The Kier molecular flexibility index (Phi) is 1.79. The highest BCUT2D eigenvalue weighted by Crippen LogP contribution is 2.23. The van der Waals surface area contributed by atoms with Crippen molar-refractivity contribution in [3.63, 3.8) is 0 Å². The van der Waals surface area contributed by atoms with Gasteiger partial charge < -0.3 is 4.98 Å². The molecule has 72 valence electrons. The van der Waals surface area contributed by atoms with Gasteiger partial charge in [0, 0.05) is 5.39 Å². The Bertz CT molecular complexity index is 700. The topological polar surface area (TPSA) is 28.7 Å². The van der Waals surface area contributed by atoms with Gasteiger partial charge in [0.05, 0.1) is 11.8 Å². The Hall–Kier alpha value is -1.74. The minimum Gasteiger partial charge on any atom is -0.346 e. The van der Waals surface area contributed by atoms with Crippen molar-refractivity contribution in [2.75, 3.05) is 0 Å². The van der Waals surface area contributed by atoms with E-state index in [2.05, 4.69) is 28.2 Å². The van der Waals surface area contributed by atoms with E-state index in [0.29, 0.717) is 4.64 Å². The molecule has 0 unspecified atom stereocenters. The van der Waals surface area contributed by atoms with Crippen molar-refractivity contribution < 1.29 is 0 Å². The first-order valence-electron chi connectivity index (χ1n) is 4.71. The van der Waals surface area contributed by atoms with Gasteiger partial charge >= 0.3 is 0 Å². The van der Waals surface area contributed by atoms with E-state index in [1.165, 1.54) is 5.39 Å². The molecule has 0 spiro atoms. The van der Waals surface area contributed by atoms with Gasteiger partial charge in [0.2, 0.25) is 0 Å². The fraction of sp³-hybridized carbons (Fsp3) is 0. The predicted octanol–water partition coefficient (Wildman–Crippen LogP) is 3.45. The third-order valence-corrected chi connectivity index (χ3v) is 2.85. The van der Waals surface area contributed by atoms with Crippen LogP contribution >= 0.6 is 12.2 Å². The molecule has 0 radical (unpaired) electrons. The number of fused-ring (bicyclic) bond motifs is 3. The Morgan fingerprint density at radius 1 is 1.07 bits per heavy atom. The summed E-state index contributed by atoms with van der Waals surface area (Å²) in [5, 5.41) is 3.38. The van der Waals surface area contributed by atoms with Crippen molar-refractivity contribution in [3.05, 3.63) is 47.4 Å². The second kappa shape index (κ2) is 3.14. The molecule has 1 heterocycles. The van der Waals surface area contributed by atoms with E-state index in [1.54, 1.807) is 6.33 Å². The van der Waals surface area contributed by atoms with Crippen molar-refractivity contribution in [3.8, 4) is 0 Å². The molecule has 0 aliphatic heterocycles. The molecule has 0 saturated carbocycles. The molecule has 0 bridgehead atoms. The zero-order chi connectivity index (χ0) is 10.3. The molecular formula is C12H8N2S. The van der Waals surface area contributed by atoms with Crippen LogP contribution in [0, 0.1) is 4.64 Å². The summed E-state index contributed by atoms with van der Waals surface area (Å²) in [4.78, 5) is 7.22. The Labute approximate surface area is 91.6 Å². The summed E-state index contributed by atoms with van der Waals surface area (Å²) in [6, 6.07) is 12.3. The molecule has 0 amide bonds. The van der Waals surface area contributed by atoms with E-state index in [9.17, 15) is 0 Å². The second-order valence-electron chi connectivity index (χ2n) is 3.42. The number of rotatable bonds is 0. The molecule has 0 aliphatic carbocycles. The maximum Gasteiger partial charge on any atom is 0.137 e. The number of hydrogen-bond donors (Lipinski definition) is 1. The smallest absolute Gasteiger partial charge is 0.137 e. The van der Waals surface area contributed by atoms with Gasteiger partial charge in [-0.1, -0.05) is 42.5 Å². The van der Waals surface area contributed by atoms with E-state index in [-0.39, 0.29) is 0 Å². The fourth-order valence-corrected chi connectivity index (χ4v) is 2.12. The van der Waals surface area contributed by atoms with E-state index in [1.807, 2.05) is 18.2 Å². The van der Waals surface area contributed by atoms with Gasteiger partial charge in [-0.15, -0.1) is 0 Å². The van der Waals surface area contributed by atoms with Crippen LogP contribution in [0.1, 0.15) is 0 Å². The standard InChI is InChI=1S/C12H8N2S/c15-12-11-9-4-2-1-3-8(9)5-6-10(11)13-7-14-12/h1-7H,(H,13,14,15). The molecule has 1 N–H and O–H groups in total. The summed E-state index contributed by atoms with van der Waals surface area (Å²) in [7, 11) is 0. The van der Waals surface area contributed by atoms with Gasteiger partial charge in [0.15, 0.2) is 0 Å². The van der Waals surface area contributed by atoms with Gasteiger partial charge in [-0.25, -0.2) is 4.98 Å². The van der Waals surface area contributed by atoms with Crippen molar-refractivity contribution in [1.29, 1.82) is 0 Å². The molecular weight excluding hydrogens is 204 g/mol. The maximum atomic E-state index is 5.25. The Balaban J connectivity index is 2.70. The summed E-state index contributed by atoms with van der Waals surface area (Å²) >= 11 is 5.25. The minimum absolute atomic E-state index is 0.653. The Morgan fingerprint density at radius 3 is 2.87 bits per heavy atom. The molecule has 1 aromatic heterocycles. The number of nitrogens with one attached hydrogen (secondary N) is 1. The van der Waals surface area contributed by atoms with Crippen molar-refractivity contribution in [2.24, 2.45) is 0 Å². The molecule has 3 aromatic rings. The molecule has 0 saturated heterocycles. The SMILES string of the molecule is S=c1nc[nH]c2ccc3ccccc3c12. The summed E-state index contributed by atoms with van der Waals surface area (Å²) in [6.07, 6.45) is 1.64. The first-order chi connectivity index (χ1) is 7.36. The molecule has 3 rings (SSSR count). The van der Waals surface area contributed by atoms with Crippen LogP contribution in [0.2, 0.25) is 0 Å².